The summed E-state index contributed by atoms with van der Waals surface area (Å²) in [6.45, 7) is 0. The minimum absolute atomic E-state index is 0.668. The molecule has 9 aromatic heterocycles. The zero-order valence-corrected chi connectivity index (χ0v) is 74.5. The highest BCUT2D eigenvalue weighted by Gasteiger charge is 2.27. The van der Waals surface area contributed by atoms with Gasteiger partial charge in [-0.1, -0.05) is 394 Å². The third-order valence-corrected chi connectivity index (χ3v) is 25.7. The van der Waals surface area contributed by atoms with Crippen molar-refractivity contribution in [3.8, 4) is 152 Å². The fourth-order valence-electron chi connectivity index (χ4n) is 19.1. The predicted molar refractivity (Wildman–Crippen MR) is 561 cm³/mol. The van der Waals surface area contributed by atoms with Gasteiger partial charge in [0.1, 0.15) is 17.5 Å². The van der Waals surface area contributed by atoms with Crippen molar-refractivity contribution in [1.29, 1.82) is 0 Å². The Labute approximate surface area is 793 Å². The van der Waals surface area contributed by atoms with Gasteiger partial charge < -0.3 is 0 Å². The third kappa shape index (κ3) is 15.0. The van der Waals surface area contributed by atoms with E-state index in [1.165, 1.54) is 38.9 Å². The molecule has 0 saturated carbocycles. The average molecular weight is 1770 g/mol. The quantitative estimate of drug-likeness (QED) is 0.0979. The summed E-state index contributed by atoms with van der Waals surface area (Å²) in [7, 11) is 0. The van der Waals surface area contributed by atoms with E-state index in [0.717, 1.165) is 179 Å². The Bertz CT molecular complexity index is 9050. The van der Waals surface area contributed by atoms with E-state index in [4.69, 9.17) is 44.9 Å². The molecule has 27 rings (SSSR count). The van der Waals surface area contributed by atoms with Gasteiger partial charge in [0.15, 0.2) is 17.5 Å². The van der Waals surface area contributed by atoms with Gasteiger partial charge in [0, 0.05) is 51.6 Å². The molecular weight excluding hydrogens is 1690 g/mol. The van der Waals surface area contributed by atoms with Crippen LogP contribution in [0.1, 0.15) is 0 Å². The molecule has 0 aliphatic rings. The van der Waals surface area contributed by atoms with E-state index in [2.05, 4.69) is 385 Å². The minimum Gasteiger partial charge on any atom is -0.276 e. The van der Waals surface area contributed by atoms with Crippen molar-refractivity contribution in [3.63, 3.8) is 0 Å². The first-order valence-corrected chi connectivity index (χ1v) is 46.1. The van der Waals surface area contributed by atoms with Crippen LogP contribution in [-0.4, -0.2) is 71.8 Å². The van der Waals surface area contributed by atoms with E-state index in [1.807, 2.05) is 133 Å². The molecular formula is C123H81N15. The monoisotopic (exact) mass is 1770 g/mol. The maximum Gasteiger partial charge on any atom is 0.221 e. The molecule has 15 nitrogen and oxygen atoms in total. The summed E-state index contributed by atoms with van der Waals surface area (Å²) in [6.07, 6.45) is 0. The van der Waals surface area contributed by atoms with Crippen LogP contribution >= 0.6 is 0 Å². The Balaban J connectivity index is 0.000000110. The first-order valence-electron chi connectivity index (χ1n) is 46.1. The van der Waals surface area contributed by atoms with Crippen LogP contribution in [0, 0.1) is 0 Å². The maximum atomic E-state index is 5.17. The summed E-state index contributed by atoms with van der Waals surface area (Å²) in [5.74, 6) is 6.73. The Hall–Kier alpha value is -19.0. The summed E-state index contributed by atoms with van der Waals surface area (Å²) < 4.78 is 13.3. The Morgan fingerprint density at radius 2 is 0.362 bits per heavy atom. The van der Waals surface area contributed by atoms with Gasteiger partial charge in [0.2, 0.25) is 17.3 Å². The summed E-state index contributed by atoms with van der Waals surface area (Å²) in [6, 6.07) is 170. The molecule has 15 heteroatoms. The topological polar surface area (TPSA) is 144 Å². The third-order valence-electron chi connectivity index (χ3n) is 25.7. The van der Waals surface area contributed by atoms with E-state index < -0.39 is 0 Å². The van der Waals surface area contributed by atoms with Crippen LogP contribution in [0.3, 0.4) is 0 Å². The van der Waals surface area contributed by atoms with Gasteiger partial charge in [-0.2, -0.15) is 0 Å². The molecule has 9 heterocycles. The van der Waals surface area contributed by atoms with Crippen molar-refractivity contribution < 1.29 is 0 Å². The number of hydrogen-bond donors (Lipinski definition) is 0. The molecule has 0 aliphatic heterocycles. The van der Waals surface area contributed by atoms with Crippen molar-refractivity contribution in [1.82, 2.24) is 71.8 Å². The predicted octanol–water partition coefficient (Wildman–Crippen LogP) is 29.7. The Morgan fingerprint density at radius 1 is 0.130 bits per heavy atom. The van der Waals surface area contributed by atoms with Gasteiger partial charge >= 0.3 is 0 Å². The largest absolute Gasteiger partial charge is 0.276 e. The van der Waals surface area contributed by atoms with E-state index in [1.54, 1.807) is 0 Å². The van der Waals surface area contributed by atoms with Crippen molar-refractivity contribution in [2.24, 2.45) is 0 Å². The van der Waals surface area contributed by atoms with E-state index >= 15 is 0 Å². The van der Waals surface area contributed by atoms with Gasteiger partial charge in [-0.05, 0) is 146 Å². The zero-order valence-electron chi connectivity index (χ0n) is 74.5. The molecule has 648 valence electrons. The van der Waals surface area contributed by atoms with Gasteiger partial charge in [0.25, 0.3) is 0 Å². The molecule has 0 bridgehead atoms. The summed E-state index contributed by atoms with van der Waals surface area (Å²) in [4.78, 5) is 46.0. The van der Waals surface area contributed by atoms with E-state index in [-0.39, 0.29) is 0 Å². The molecule has 0 saturated heterocycles. The summed E-state index contributed by atoms with van der Waals surface area (Å²) in [5, 5.41) is 0. The van der Waals surface area contributed by atoms with Gasteiger partial charge in [-0.3, -0.25) is 26.9 Å². The molecule has 138 heavy (non-hydrogen) atoms. The Kier molecular flexibility index (Phi) is 20.5. The molecule has 18 aromatic carbocycles. The second-order valence-electron chi connectivity index (χ2n) is 34.1. The highest BCUT2D eigenvalue weighted by atomic mass is 15.3. The average Bonchev–Trinajstić information content (AvgIpc) is 1.57. The molecule has 0 radical (unpaired) electrons. The zero-order chi connectivity index (χ0) is 91.4. The summed E-state index contributed by atoms with van der Waals surface area (Å²) in [5.41, 5.74) is 34.9. The standard InChI is InChI=1S/3C41H27N5/c1-4-14-28(15-5-1)32-20-10-11-21-33(32)31-24-25-37-38(26-31)45-36-23-13-12-22-34(36)43-41(45)46(37)39-27-35(29-16-6-2-7-17-29)42-40(44-39)30-18-8-3-9-19-30;1-4-13-28(14-5-1)31-19-12-20-32(25-31)33-23-24-37-38(26-33)45-36-22-11-10-21-34(36)43-41(45)46(37)39-27-35(29-15-6-2-7-16-29)42-40(44-39)30-17-8-3-9-18-30;1-4-12-28(13-5-1)29-20-22-30(23-21-29)33-24-25-37-38(26-33)45-36-19-11-10-18-34(36)43-41(45)46(37)39-27-35(31-14-6-2-7-15-31)42-40(44-39)32-16-8-3-9-17-32/h3*1-27H. The number of benzene rings is 18. The lowest BCUT2D eigenvalue weighted by atomic mass is 9.94. The van der Waals surface area contributed by atoms with Crippen LogP contribution in [0.25, 0.3) is 236 Å². The number of para-hydroxylation sites is 6. The number of rotatable bonds is 15. The lowest BCUT2D eigenvalue weighted by Gasteiger charge is -2.12. The van der Waals surface area contributed by atoms with Crippen molar-refractivity contribution in [2.75, 3.05) is 0 Å². The lowest BCUT2D eigenvalue weighted by Crippen LogP contribution is -2.03. The first-order chi connectivity index (χ1) is 68.4. The number of fused-ring (bicyclic) bond motifs is 15. The lowest BCUT2D eigenvalue weighted by molar-refractivity contribution is 1.02. The van der Waals surface area contributed by atoms with Crippen LogP contribution in [0.2, 0.25) is 0 Å². The molecule has 0 unspecified atom stereocenters. The van der Waals surface area contributed by atoms with Crippen LogP contribution in [0.4, 0.5) is 0 Å². The van der Waals surface area contributed by atoms with Crippen LogP contribution in [0.15, 0.2) is 491 Å². The SMILES string of the molecule is c1ccc(-c2cc(-n3c4ccc(-c5ccccc5-c5ccccc5)cc4n4c5ccccc5nc34)nc(-c3ccccc3)n2)cc1.c1ccc(-c2ccc(-c3ccc4c(c3)n3c5ccccc5nc3n4-c3cc(-c4ccccc4)nc(-c4ccccc4)n3)cc2)cc1.c1ccc(-c2cccc(-c3ccc4c(c3)n3c5ccccc5nc3n4-c3cc(-c4ccccc4)nc(-c4ccccc4)n3)c2)cc1. The van der Waals surface area contributed by atoms with E-state index in [0.29, 0.717) is 17.5 Å². The number of nitrogens with zero attached hydrogens (tertiary/aromatic N) is 15. The smallest absolute Gasteiger partial charge is 0.221 e. The molecule has 0 atom stereocenters. The Morgan fingerprint density at radius 3 is 0.717 bits per heavy atom. The van der Waals surface area contributed by atoms with Gasteiger partial charge in [-0.15, -0.1) is 0 Å². The molecule has 0 spiro atoms. The fraction of sp³-hybridized carbons (Fsp3) is 0. The normalized spacial score (nSPS) is 11.5. The van der Waals surface area contributed by atoms with Crippen LogP contribution in [0.5, 0.6) is 0 Å². The highest BCUT2D eigenvalue weighted by molar-refractivity contribution is 5.99. The summed E-state index contributed by atoms with van der Waals surface area (Å²) >= 11 is 0. The van der Waals surface area contributed by atoms with Crippen molar-refractivity contribution in [2.45, 2.75) is 0 Å². The molecule has 0 amide bonds. The molecule has 0 N–H and O–H groups in total. The number of aromatic nitrogens is 15. The van der Waals surface area contributed by atoms with Gasteiger partial charge in [0.05, 0.1) is 83.3 Å². The number of hydrogen-bond acceptors (Lipinski definition) is 9. The molecule has 0 fully saturated rings. The molecule has 27 aromatic rings. The van der Waals surface area contributed by atoms with Crippen molar-refractivity contribution in [3.05, 3.63) is 491 Å². The first kappa shape index (κ1) is 81.0. The highest BCUT2D eigenvalue weighted by Crippen LogP contribution is 2.42. The second kappa shape index (κ2) is 35.0. The van der Waals surface area contributed by atoms with Crippen LogP contribution < -0.4 is 0 Å². The second-order valence-corrected chi connectivity index (χ2v) is 34.1. The molecule has 0 aliphatic carbocycles. The fourth-order valence-corrected chi connectivity index (χ4v) is 19.1. The van der Waals surface area contributed by atoms with E-state index in [9.17, 15) is 0 Å². The maximum absolute atomic E-state index is 5.17. The van der Waals surface area contributed by atoms with Gasteiger partial charge in [-0.25, -0.2) is 44.9 Å². The van der Waals surface area contributed by atoms with Crippen molar-refractivity contribution >= 4 is 83.5 Å². The minimum atomic E-state index is 0.668. The van der Waals surface area contributed by atoms with Crippen LogP contribution in [-0.2, 0) is 0 Å². The number of imidazole rings is 6.